The van der Waals surface area contributed by atoms with Gasteiger partial charge in [0, 0.05) is 17.4 Å². The fourth-order valence-electron chi connectivity index (χ4n) is 2.57. The number of rotatable bonds is 2. The van der Waals surface area contributed by atoms with E-state index in [9.17, 15) is 9.59 Å². The van der Waals surface area contributed by atoms with Crippen LogP contribution < -0.4 is 5.32 Å². The van der Waals surface area contributed by atoms with Crippen LogP contribution in [0.4, 0.5) is 0 Å². The van der Waals surface area contributed by atoms with Crippen molar-refractivity contribution in [1.29, 1.82) is 0 Å². The predicted molar refractivity (Wildman–Crippen MR) is 70.7 cm³/mol. The van der Waals surface area contributed by atoms with Crippen molar-refractivity contribution in [3.63, 3.8) is 0 Å². The number of piperidine rings is 1. The van der Waals surface area contributed by atoms with Gasteiger partial charge in [0.2, 0.25) is 11.8 Å². The normalized spacial score (nSPS) is 19.7. The van der Waals surface area contributed by atoms with Gasteiger partial charge in [-0.3, -0.25) is 14.9 Å². The monoisotopic (exact) mass is 257 g/mol. The fraction of sp³-hybridized carbons (Fsp3) is 0.333. The molecule has 4 heteroatoms. The fourth-order valence-corrected chi connectivity index (χ4v) is 2.57. The van der Waals surface area contributed by atoms with E-state index >= 15 is 0 Å². The maximum Gasteiger partial charge on any atom is 0.234 e. The third-order valence-electron chi connectivity index (χ3n) is 3.69. The molecular formula is C15H15NO3. The van der Waals surface area contributed by atoms with Crippen molar-refractivity contribution in [3.8, 4) is 0 Å². The molecule has 19 heavy (non-hydrogen) atoms. The van der Waals surface area contributed by atoms with E-state index in [1.165, 1.54) is 5.56 Å². The number of fused-ring (bicyclic) bond motifs is 1. The molecule has 0 saturated carbocycles. The minimum atomic E-state index is -0.286. The topological polar surface area (TPSA) is 59.3 Å². The summed E-state index contributed by atoms with van der Waals surface area (Å²) in [5.74, 6) is -0.702. The number of furan rings is 1. The van der Waals surface area contributed by atoms with Crippen molar-refractivity contribution >= 4 is 22.8 Å². The second kappa shape index (κ2) is 4.53. The van der Waals surface area contributed by atoms with Crippen LogP contribution in [0.5, 0.6) is 0 Å². The summed E-state index contributed by atoms with van der Waals surface area (Å²) in [4.78, 5) is 23.1. The molecular weight excluding hydrogens is 242 g/mol. The van der Waals surface area contributed by atoms with Crippen LogP contribution in [0.25, 0.3) is 11.0 Å². The minimum Gasteiger partial charge on any atom is -0.464 e. The van der Waals surface area contributed by atoms with E-state index in [1.54, 1.807) is 6.26 Å². The largest absolute Gasteiger partial charge is 0.464 e. The summed E-state index contributed by atoms with van der Waals surface area (Å²) < 4.78 is 5.55. The standard InChI is InChI=1S/C15H15NO3/c1-2-9-3-4-10-12(8-19-13(10)7-9)11-5-6-14(17)16-15(11)18/h3-4,7-8,11H,2,5-6H2,1H3,(H,16,17,18). The third kappa shape index (κ3) is 2.03. The lowest BCUT2D eigenvalue weighted by molar-refractivity contribution is -0.134. The van der Waals surface area contributed by atoms with E-state index in [1.807, 2.05) is 18.2 Å². The zero-order valence-electron chi connectivity index (χ0n) is 10.7. The number of carbonyl (C=O) groups excluding carboxylic acids is 2. The molecule has 1 unspecified atom stereocenters. The number of nitrogens with one attached hydrogen (secondary N) is 1. The van der Waals surface area contributed by atoms with E-state index in [-0.39, 0.29) is 17.7 Å². The van der Waals surface area contributed by atoms with Gasteiger partial charge in [0.15, 0.2) is 0 Å². The SMILES string of the molecule is CCc1ccc2c(C3CCC(=O)NC3=O)coc2c1. The molecule has 1 aromatic heterocycles. The maximum atomic E-state index is 11.9. The molecule has 2 heterocycles. The first-order valence-corrected chi connectivity index (χ1v) is 6.52. The average Bonchev–Trinajstić information content (AvgIpc) is 2.81. The highest BCUT2D eigenvalue weighted by atomic mass is 16.3. The number of carbonyl (C=O) groups is 2. The Labute approximate surface area is 110 Å². The summed E-state index contributed by atoms with van der Waals surface area (Å²) in [6.07, 6.45) is 3.53. The number of hydrogen-bond acceptors (Lipinski definition) is 3. The van der Waals surface area contributed by atoms with Crippen LogP contribution in [0, 0.1) is 0 Å². The average molecular weight is 257 g/mol. The van der Waals surface area contributed by atoms with Gasteiger partial charge in [-0.1, -0.05) is 19.1 Å². The highest BCUT2D eigenvalue weighted by Crippen LogP contribution is 2.32. The molecule has 3 rings (SSSR count). The maximum absolute atomic E-state index is 11.9. The molecule has 0 radical (unpaired) electrons. The van der Waals surface area contributed by atoms with Gasteiger partial charge in [-0.2, -0.15) is 0 Å². The molecule has 1 aliphatic heterocycles. The Morgan fingerprint density at radius 2 is 2.21 bits per heavy atom. The van der Waals surface area contributed by atoms with Crippen LogP contribution in [0.1, 0.15) is 36.8 Å². The molecule has 1 N–H and O–H groups in total. The number of benzene rings is 1. The van der Waals surface area contributed by atoms with Gasteiger partial charge in [-0.25, -0.2) is 0 Å². The zero-order valence-corrected chi connectivity index (χ0v) is 10.7. The number of aryl methyl sites for hydroxylation is 1. The highest BCUT2D eigenvalue weighted by molar-refractivity contribution is 6.02. The first-order chi connectivity index (χ1) is 9.19. The quantitative estimate of drug-likeness (QED) is 0.841. The van der Waals surface area contributed by atoms with Crippen LogP contribution in [-0.4, -0.2) is 11.8 Å². The predicted octanol–water partition coefficient (Wildman–Crippen LogP) is 2.52. The molecule has 0 aliphatic carbocycles. The lowest BCUT2D eigenvalue weighted by Crippen LogP contribution is -2.39. The van der Waals surface area contributed by atoms with E-state index in [0.717, 1.165) is 23.0 Å². The summed E-state index contributed by atoms with van der Waals surface area (Å²) in [6.45, 7) is 2.09. The van der Waals surface area contributed by atoms with Crippen LogP contribution in [0.3, 0.4) is 0 Å². The van der Waals surface area contributed by atoms with Gasteiger partial charge in [-0.05, 0) is 24.5 Å². The second-order valence-electron chi connectivity index (χ2n) is 4.88. The van der Waals surface area contributed by atoms with Crippen LogP contribution >= 0.6 is 0 Å². The van der Waals surface area contributed by atoms with Gasteiger partial charge < -0.3 is 4.42 Å². The Hall–Kier alpha value is -2.10. The number of amides is 2. The Morgan fingerprint density at radius 3 is 2.95 bits per heavy atom. The van der Waals surface area contributed by atoms with Crippen molar-refractivity contribution < 1.29 is 14.0 Å². The minimum absolute atomic E-state index is 0.192. The summed E-state index contributed by atoms with van der Waals surface area (Å²) in [7, 11) is 0. The Bertz CT molecular complexity index is 656. The molecule has 2 aromatic rings. The van der Waals surface area contributed by atoms with Crippen molar-refractivity contribution in [2.45, 2.75) is 32.1 Å². The van der Waals surface area contributed by atoms with Crippen LogP contribution in [-0.2, 0) is 16.0 Å². The molecule has 1 saturated heterocycles. The third-order valence-corrected chi connectivity index (χ3v) is 3.69. The van der Waals surface area contributed by atoms with E-state index in [0.29, 0.717) is 12.8 Å². The van der Waals surface area contributed by atoms with Gasteiger partial charge in [0.1, 0.15) is 5.58 Å². The van der Waals surface area contributed by atoms with Crippen molar-refractivity contribution in [1.82, 2.24) is 5.32 Å². The molecule has 0 bridgehead atoms. The van der Waals surface area contributed by atoms with Crippen molar-refractivity contribution in [3.05, 3.63) is 35.6 Å². The number of imide groups is 1. The smallest absolute Gasteiger partial charge is 0.234 e. The lowest BCUT2D eigenvalue weighted by atomic mass is 9.90. The van der Waals surface area contributed by atoms with Gasteiger partial charge in [-0.15, -0.1) is 0 Å². The van der Waals surface area contributed by atoms with E-state index in [2.05, 4.69) is 12.2 Å². The van der Waals surface area contributed by atoms with Crippen molar-refractivity contribution in [2.75, 3.05) is 0 Å². The zero-order chi connectivity index (χ0) is 13.4. The molecule has 1 atom stereocenters. The molecule has 1 aromatic carbocycles. The highest BCUT2D eigenvalue weighted by Gasteiger charge is 2.30. The van der Waals surface area contributed by atoms with Crippen LogP contribution in [0.15, 0.2) is 28.9 Å². The molecule has 1 fully saturated rings. The second-order valence-corrected chi connectivity index (χ2v) is 4.88. The van der Waals surface area contributed by atoms with E-state index in [4.69, 9.17) is 4.42 Å². The first-order valence-electron chi connectivity index (χ1n) is 6.52. The molecule has 4 nitrogen and oxygen atoms in total. The van der Waals surface area contributed by atoms with Gasteiger partial charge in [0.05, 0.1) is 12.2 Å². The first kappa shape index (κ1) is 12.0. The Morgan fingerprint density at radius 1 is 1.37 bits per heavy atom. The summed E-state index contributed by atoms with van der Waals surface area (Å²) in [5, 5.41) is 3.35. The molecule has 1 aliphatic rings. The van der Waals surface area contributed by atoms with Crippen LogP contribution in [0.2, 0.25) is 0 Å². The summed E-state index contributed by atoms with van der Waals surface area (Å²) >= 11 is 0. The Balaban J connectivity index is 2.01. The number of hydrogen-bond donors (Lipinski definition) is 1. The van der Waals surface area contributed by atoms with Crippen molar-refractivity contribution in [2.24, 2.45) is 0 Å². The molecule has 98 valence electrons. The van der Waals surface area contributed by atoms with Gasteiger partial charge >= 0.3 is 0 Å². The Kier molecular flexibility index (Phi) is 2.85. The molecule has 2 amide bonds. The summed E-state index contributed by atoms with van der Waals surface area (Å²) in [6, 6.07) is 6.05. The van der Waals surface area contributed by atoms with E-state index < -0.39 is 0 Å². The summed E-state index contributed by atoms with van der Waals surface area (Å²) in [5.41, 5.74) is 2.89. The lowest BCUT2D eigenvalue weighted by Gasteiger charge is -2.19. The molecule has 0 spiro atoms. The van der Waals surface area contributed by atoms with Gasteiger partial charge in [0.25, 0.3) is 0 Å².